The number of hydrogen-bond donors (Lipinski definition) is 2. The molecule has 0 aliphatic heterocycles. The number of aryl methyl sites for hydroxylation is 2. The first-order valence-corrected chi connectivity index (χ1v) is 9.36. The van der Waals surface area contributed by atoms with Crippen LogP contribution in [0, 0.1) is 0 Å². The molecule has 4 nitrogen and oxygen atoms in total. The van der Waals surface area contributed by atoms with Crippen LogP contribution in [0.25, 0.3) is 0 Å². The van der Waals surface area contributed by atoms with Crippen LogP contribution in [0.3, 0.4) is 0 Å². The van der Waals surface area contributed by atoms with Crippen molar-refractivity contribution in [3.8, 4) is 0 Å². The quantitative estimate of drug-likeness (QED) is 0.542. The molecule has 2 N–H and O–H groups in total. The average Bonchev–Trinajstić information content (AvgIpc) is 2.67. The van der Waals surface area contributed by atoms with Gasteiger partial charge in [-0.15, -0.1) is 0 Å². The fourth-order valence-electron chi connectivity index (χ4n) is 2.83. The summed E-state index contributed by atoms with van der Waals surface area (Å²) >= 11 is 11.9. The number of halogens is 2. The molecule has 0 aliphatic rings. The number of nitrogens with one attached hydrogen (secondary N) is 1. The Morgan fingerprint density at radius 2 is 1.50 bits per heavy atom. The number of benzene rings is 3. The summed E-state index contributed by atoms with van der Waals surface area (Å²) in [4.78, 5) is 24.1. The van der Waals surface area contributed by atoms with Crippen molar-refractivity contribution >= 4 is 40.8 Å². The topological polar surface area (TPSA) is 66.4 Å². The number of carbonyl (C=O) groups is 2. The molecule has 0 radical (unpaired) electrons. The number of aromatic carboxylic acids is 1. The van der Waals surface area contributed by atoms with E-state index in [-0.39, 0.29) is 21.8 Å². The monoisotopic (exact) mass is 413 g/mol. The molecule has 0 saturated carbocycles. The highest BCUT2D eigenvalue weighted by Gasteiger charge is 2.16. The summed E-state index contributed by atoms with van der Waals surface area (Å²) in [7, 11) is 0. The van der Waals surface area contributed by atoms with Gasteiger partial charge in [-0.3, -0.25) is 4.79 Å². The lowest BCUT2D eigenvalue weighted by molar-refractivity contribution is 0.0698. The first kappa shape index (κ1) is 19.9. The fraction of sp³-hybridized carbons (Fsp3) is 0.0909. The lowest BCUT2D eigenvalue weighted by Gasteiger charge is -2.12. The molecule has 0 atom stereocenters. The van der Waals surface area contributed by atoms with Crippen molar-refractivity contribution < 1.29 is 14.7 Å². The van der Waals surface area contributed by atoms with Crippen LogP contribution in [0.2, 0.25) is 10.0 Å². The molecule has 3 aromatic rings. The molecule has 0 saturated heterocycles. The number of rotatable bonds is 6. The third-order valence-electron chi connectivity index (χ3n) is 4.28. The molecule has 0 bridgehead atoms. The van der Waals surface area contributed by atoms with Gasteiger partial charge in [0, 0.05) is 5.02 Å². The van der Waals surface area contributed by atoms with Gasteiger partial charge in [0.1, 0.15) is 0 Å². The summed E-state index contributed by atoms with van der Waals surface area (Å²) in [5, 5.41) is 12.7. The third-order valence-corrected chi connectivity index (χ3v) is 4.83. The summed E-state index contributed by atoms with van der Waals surface area (Å²) in [6, 6.07) is 19.5. The molecule has 0 fully saturated rings. The zero-order chi connectivity index (χ0) is 20.1. The minimum atomic E-state index is -1.12. The Morgan fingerprint density at radius 3 is 2.18 bits per heavy atom. The highest BCUT2D eigenvalue weighted by Crippen LogP contribution is 2.24. The summed E-state index contributed by atoms with van der Waals surface area (Å²) < 4.78 is 0. The Bertz CT molecular complexity index is 1020. The molecule has 28 heavy (non-hydrogen) atoms. The maximum absolute atomic E-state index is 12.6. The second-order valence-electron chi connectivity index (χ2n) is 6.25. The van der Waals surface area contributed by atoms with Crippen molar-refractivity contribution in [3.63, 3.8) is 0 Å². The van der Waals surface area contributed by atoms with Crippen LogP contribution in [0.4, 0.5) is 5.69 Å². The first-order chi connectivity index (χ1) is 13.4. The van der Waals surface area contributed by atoms with Gasteiger partial charge in [-0.05, 0) is 54.3 Å². The van der Waals surface area contributed by atoms with Gasteiger partial charge in [0.25, 0.3) is 5.91 Å². The van der Waals surface area contributed by atoms with Gasteiger partial charge < -0.3 is 10.4 Å². The average molecular weight is 414 g/mol. The molecule has 0 heterocycles. The molecule has 0 aromatic heterocycles. The highest BCUT2D eigenvalue weighted by molar-refractivity contribution is 6.37. The summed E-state index contributed by atoms with van der Waals surface area (Å²) in [6.45, 7) is 0. The fourth-order valence-corrected chi connectivity index (χ4v) is 3.33. The minimum absolute atomic E-state index is 0.0156. The van der Waals surface area contributed by atoms with Gasteiger partial charge in [-0.25, -0.2) is 4.79 Å². The van der Waals surface area contributed by atoms with E-state index in [2.05, 4.69) is 5.32 Å². The lowest BCUT2D eigenvalue weighted by Crippen LogP contribution is -2.15. The molecular weight excluding hydrogens is 397 g/mol. The van der Waals surface area contributed by atoms with E-state index in [0.29, 0.717) is 11.4 Å². The van der Waals surface area contributed by atoms with Crippen LogP contribution < -0.4 is 5.32 Å². The molecule has 6 heteroatoms. The van der Waals surface area contributed by atoms with Gasteiger partial charge >= 0.3 is 5.97 Å². The van der Waals surface area contributed by atoms with E-state index < -0.39 is 11.9 Å². The van der Waals surface area contributed by atoms with Gasteiger partial charge in [0.2, 0.25) is 0 Å². The highest BCUT2D eigenvalue weighted by atomic mass is 35.5. The van der Waals surface area contributed by atoms with E-state index >= 15 is 0 Å². The van der Waals surface area contributed by atoms with Crippen LogP contribution in [0.1, 0.15) is 31.8 Å². The maximum Gasteiger partial charge on any atom is 0.337 e. The number of carbonyl (C=O) groups excluding carboxylic acids is 1. The second kappa shape index (κ2) is 8.91. The van der Waals surface area contributed by atoms with Gasteiger partial charge in [0.15, 0.2) is 0 Å². The predicted molar refractivity (Wildman–Crippen MR) is 112 cm³/mol. The Balaban J connectivity index is 1.83. The summed E-state index contributed by atoms with van der Waals surface area (Å²) in [5.41, 5.74) is 2.57. The second-order valence-corrected chi connectivity index (χ2v) is 7.09. The number of carboxylic acids is 1. The largest absolute Gasteiger partial charge is 0.478 e. The normalized spacial score (nSPS) is 10.5. The lowest BCUT2D eigenvalue weighted by atomic mass is 10.0. The van der Waals surface area contributed by atoms with Crippen molar-refractivity contribution in [2.45, 2.75) is 12.8 Å². The zero-order valence-corrected chi connectivity index (χ0v) is 16.3. The smallest absolute Gasteiger partial charge is 0.337 e. The van der Waals surface area contributed by atoms with E-state index in [9.17, 15) is 14.7 Å². The Labute approximate surface area is 172 Å². The van der Waals surface area contributed by atoms with E-state index in [0.717, 1.165) is 12.0 Å². The SMILES string of the molecule is O=C(Nc1cc(CCc2ccccc2)ccc1C(=O)O)c1ccc(Cl)cc1Cl. The van der Waals surface area contributed by atoms with E-state index in [1.54, 1.807) is 18.2 Å². The van der Waals surface area contributed by atoms with Crippen molar-refractivity contribution in [1.29, 1.82) is 0 Å². The molecular formula is C22H17Cl2NO3. The molecule has 142 valence electrons. The van der Waals surface area contributed by atoms with E-state index in [1.807, 2.05) is 30.3 Å². The van der Waals surface area contributed by atoms with Crippen LogP contribution in [-0.4, -0.2) is 17.0 Å². The number of carboxylic acid groups (broad SMARTS) is 1. The van der Waals surface area contributed by atoms with Crippen LogP contribution in [0.15, 0.2) is 66.7 Å². The zero-order valence-electron chi connectivity index (χ0n) is 14.8. The Hall–Kier alpha value is -2.82. The Morgan fingerprint density at radius 1 is 0.821 bits per heavy atom. The third kappa shape index (κ3) is 4.91. The molecule has 3 aromatic carbocycles. The van der Waals surface area contributed by atoms with Gasteiger partial charge in [-0.2, -0.15) is 0 Å². The summed E-state index contributed by atoms with van der Waals surface area (Å²) in [6.07, 6.45) is 1.53. The van der Waals surface area contributed by atoms with E-state index in [4.69, 9.17) is 23.2 Å². The summed E-state index contributed by atoms with van der Waals surface area (Å²) in [5.74, 6) is -1.61. The number of anilines is 1. The minimum Gasteiger partial charge on any atom is -0.478 e. The van der Waals surface area contributed by atoms with Crippen LogP contribution in [-0.2, 0) is 12.8 Å². The molecule has 0 unspecified atom stereocenters. The number of amides is 1. The van der Waals surface area contributed by atoms with Crippen molar-refractivity contribution in [2.24, 2.45) is 0 Å². The predicted octanol–water partition coefficient (Wildman–Crippen LogP) is 5.73. The molecule has 0 aliphatic carbocycles. The standard InChI is InChI=1S/C22H17Cl2NO3/c23-16-9-11-17(19(24)13-16)21(26)25-20-12-15(8-10-18(20)22(27)28)7-6-14-4-2-1-3-5-14/h1-5,8-13H,6-7H2,(H,25,26)(H,27,28). The van der Waals surface area contributed by atoms with Crippen molar-refractivity contribution in [2.75, 3.05) is 5.32 Å². The number of hydrogen-bond acceptors (Lipinski definition) is 2. The molecule has 3 rings (SSSR count). The van der Waals surface area contributed by atoms with Gasteiger partial charge in [0.05, 0.1) is 21.8 Å². The maximum atomic E-state index is 12.6. The Kier molecular flexibility index (Phi) is 6.34. The van der Waals surface area contributed by atoms with Crippen LogP contribution in [0.5, 0.6) is 0 Å². The molecule has 1 amide bonds. The van der Waals surface area contributed by atoms with Crippen molar-refractivity contribution in [1.82, 2.24) is 0 Å². The van der Waals surface area contributed by atoms with E-state index in [1.165, 1.54) is 23.8 Å². The van der Waals surface area contributed by atoms with Crippen molar-refractivity contribution in [3.05, 3.63) is 99.0 Å². The molecule has 0 spiro atoms. The first-order valence-electron chi connectivity index (χ1n) is 8.60. The van der Waals surface area contributed by atoms with Gasteiger partial charge in [-0.1, -0.05) is 59.6 Å². The van der Waals surface area contributed by atoms with Crippen LogP contribution >= 0.6 is 23.2 Å².